The molecule has 3 atom stereocenters. The topological polar surface area (TPSA) is 210 Å². The van der Waals surface area contributed by atoms with Crippen molar-refractivity contribution in [1.29, 1.82) is 0 Å². The van der Waals surface area contributed by atoms with Crippen LogP contribution in [0.3, 0.4) is 0 Å². The first-order valence-electron chi connectivity index (χ1n) is 6.01. The lowest BCUT2D eigenvalue weighted by Gasteiger charge is -2.06. The SMILES string of the molecule is C[C@@H](O)[C@H](N)C(=O)O.N[C@@H](COC(=O)CCC(=O)O)C(=O)O. The second-order valence-electron chi connectivity index (χ2n) is 4.13. The van der Waals surface area contributed by atoms with Crippen molar-refractivity contribution in [2.75, 3.05) is 6.61 Å². The van der Waals surface area contributed by atoms with E-state index in [0.29, 0.717) is 0 Å². The van der Waals surface area contributed by atoms with Crippen molar-refractivity contribution in [1.82, 2.24) is 0 Å². The summed E-state index contributed by atoms with van der Waals surface area (Å²) in [5.74, 6) is -4.36. The summed E-state index contributed by atoms with van der Waals surface area (Å²) in [5, 5.41) is 33.1. The average Bonchev–Trinajstić information content (AvgIpc) is 2.41. The number of carboxylic acids is 3. The van der Waals surface area contributed by atoms with Gasteiger partial charge in [0.25, 0.3) is 0 Å². The van der Waals surface area contributed by atoms with Crippen LogP contribution in [0.5, 0.6) is 0 Å². The lowest BCUT2D eigenvalue weighted by molar-refractivity contribution is -0.150. The van der Waals surface area contributed by atoms with Gasteiger partial charge < -0.3 is 36.6 Å². The van der Waals surface area contributed by atoms with E-state index in [1.807, 2.05) is 0 Å². The number of carbonyl (C=O) groups excluding carboxylic acids is 1. The highest BCUT2D eigenvalue weighted by Crippen LogP contribution is 1.93. The van der Waals surface area contributed by atoms with Crippen LogP contribution in [0.4, 0.5) is 0 Å². The first-order valence-corrected chi connectivity index (χ1v) is 6.01. The molecule has 0 unspecified atom stereocenters. The fraction of sp³-hybridized carbons (Fsp3) is 0.636. The van der Waals surface area contributed by atoms with Gasteiger partial charge in [-0.1, -0.05) is 0 Å². The molecule has 0 amide bonds. The van der Waals surface area contributed by atoms with E-state index in [0.717, 1.165) is 0 Å². The van der Waals surface area contributed by atoms with E-state index in [4.69, 9.17) is 31.9 Å². The Bertz CT molecular complexity index is 397. The van der Waals surface area contributed by atoms with E-state index in [2.05, 4.69) is 4.74 Å². The molecule has 11 heteroatoms. The Labute approximate surface area is 125 Å². The molecule has 128 valence electrons. The molecule has 8 N–H and O–H groups in total. The van der Waals surface area contributed by atoms with Gasteiger partial charge in [0.2, 0.25) is 0 Å². The maximum atomic E-state index is 10.7. The highest BCUT2D eigenvalue weighted by Gasteiger charge is 2.16. The molecule has 0 rings (SSSR count). The molecule has 0 aromatic rings. The lowest BCUT2D eigenvalue weighted by Crippen LogP contribution is -2.39. The number of ether oxygens (including phenoxy) is 1. The van der Waals surface area contributed by atoms with E-state index >= 15 is 0 Å². The molecule has 0 saturated carbocycles. The number of aliphatic carboxylic acids is 3. The second kappa shape index (κ2) is 11.4. The van der Waals surface area contributed by atoms with Crippen LogP contribution in [0.2, 0.25) is 0 Å². The summed E-state index contributed by atoms with van der Waals surface area (Å²) < 4.78 is 4.41. The third-order valence-electron chi connectivity index (χ3n) is 2.09. The highest BCUT2D eigenvalue weighted by molar-refractivity contribution is 5.77. The van der Waals surface area contributed by atoms with Gasteiger partial charge in [-0.2, -0.15) is 0 Å². The zero-order valence-electron chi connectivity index (χ0n) is 11.8. The van der Waals surface area contributed by atoms with Gasteiger partial charge in [0.15, 0.2) is 0 Å². The molecule has 0 aromatic heterocycles. The molecule has 0 aliphatic heterocycles. The maximum absolute atomic E-state index is 10.7. The number of esters is 1. The molecule has 0 heterocycles. The van der Waals surface area contributed by atoms with Crippen LogP contribution in [0.1, 0.15) is 19.8 Å². The summed E-state index contributed by atoms with van der Waals surface area (Å²) in [6, 6.07) is -2.43. The molecule has 0 saturated heterocycles. The largest absolute Gasteiger partial charge is 0.481 e. The average molecular weight is 324 g/mol. The fourth-order valence-electron chi connectivity index (χ4n) is 0.742. The molecule has 0 spiro atoms. The lowest BCUT2D eigenvalue weighted by atomic mass is 10.2. The normalized spacial score (nSPS) is 13.8. The minimum Gasteiger partial charge on any atom is -0.481 e. The molecular formula is C11H20N2O9. The second-order valence-corrected chi connectivity index (χ2v) is 4.13. The van der Waals surface area contributed by atoms with Crippen LogP contribution in [-0.2, 0) is 23.9 Å². The monoisotopic (exact) mass is 324 g/mol. The van der Waals surface area contributed by atoms with Gasteiger partial charge in [0, 0.05) is 0 Å². The summed E-state index contributed by atoms with van der Waals surface area (Å²) in [4.78, 5) is 40.8. The molecule has 0 aliphatic rings. The zero-order valence-corrected chi connectivity index (χ0v) is 11.8. The van der Waals surface area contributed by atoms with Crippen molar-refractivity contribution in [2.45, 2.75) is 38.0 Å². The summed E-state index contributed by atoms with van der Waals surface area (Å²) in [5.41, 5.74) is 9.94. The van der Waals surface area contributed by atoms with Crippen molar-refractivity contribution in [3.8, 4) is 0 Å². The summed E-state index contributed by atoms with van der Waals surface area (Å²) in [7, 11) is 0. The number of rotatable bonds is 8. The van der Waals surface area contributed by atoms with E-state index in [-0.39, 0.29) is 12.8 Å². The highest BCUT2D eigenvalue weighted by atomic mass is 16.5. The minimum absolute atomic E-state index is 0.290. The third kappa shape index (κ3) is 12.8. The van der Waals surface area contributed by atoms with Gasteiger partial charge in [-0.3, -0.25) is 19.2 Å². The van der Waals surface area contributed by atoms with Crippen molar-refractivity contribution in [3.05, 3.63) is 0 Å². The Balaban J connectivity index is 0. The summed E-state index contributed by atoms with van der Waals surface area (Å²) in [6.07, 6.45) is -1.62. The van der Waals surface area contributed by atoms with E-state index in [1.165, 1.54) is 6.92 Å². The van der Waals surface area contributed by atoms with Gasteiger partial charge in [0.1, 0.15) is 18.7 Å². The van der Waals surface area contributed by atoms with Crippen LogP contribution in [-0.4, -0.2) is 69.1 Å². The molecular weight excluding hydrogens is 304 g/mol. The van der Waals surface area contributed by atoms with Crippen LogP contribution >= 0.6 is 0 Å². The standard InChI is InChI=1S/C7H11NO6.C4H9NO3/c8-4(7(12)13)3-14-6(11)2-1-5(9)10;1-2(6)3(5)4(7)8/h4H,1-3,8H2,(H,9,10)(H,12,13);2-3,6H,5H2,1H3,(H,7,8)/t4-;2-,3+/m01/s1. The number of carboxylic acid groups (broad SMARTS) is 3. The van der Waals surface area contributed by atoms with Crippen LogP contribution in [0, 0.1) is 0 Å². The predicted octanol–water partition coefficient (Wildman–Crippen LogP) is -2.41. The molecule has 0 aliphatic carbocycles. The molecule has 22 heavy (non-hydrogen) atoms. The van der Waals surface area contributed by atoms with Crippen LogP contribution in [0.25, 0.3) is 0 Å². The fourth-order valence-corrected chi connectivity index (χ4v) is 0.742. The first-order chi connectivity index (χ1) is 9.98. The Morgan fingerprint density at radius 3 is 1.77 bits per heavy atom. The zero-order chi connectivity index (χ0) is 17.9. The van der Waals surface area contributed by atoms with Gasteiger partial charge >= 0.3 is 23.9 Å². The van der Waals surface area contributed by atoms with E-state index in [1.54, 1.807) is 0 Å². The van der Waals surface area contributed by atoms with Gasteiger partial charge in [0.05, 0.1) is 18.9 Å². The predicted molar refractivity (Wildman–Crippen MR) is 70.7 cm³/mol. The Morgan fingerprint density at radius 2 is 1.50 bits per heavy atom. The molecule has 0 bridgehead atoms. The number of nitrogens with two attached hydrogens (primary N) is 2. The molecule has 0 aromatic carbocycles. The van der Waals surface area contributed by atoms with E-state index in [9.17, 15) is 19.2 Å². The van der Waals surface area contributed by atoms with Crippen LogP contribution in [0.15, 0.2) is 0 Å². The van der Waals surface area contributed by atoms with Crippen LogP contribution < -0.4 is 11.5 Å². The van der Waals surface area contributed by atoms with Crippen molar-refractivity contribution < 1.29 is 44.3 Å². The number of aliphatic hydroxyl groups excluding tert-OH is 1. The summed E-state index contributed by atoms with van der Waals surface area (Å²) >= 11 is 0. The van der Waals surface area contributed by atoms with Crippen molar-refractivity contribution in [3.63, 3.8) is 0 Å². The Morgan fingerprint density at radius 1 is 1.00 bits per heavy atom. The number of hydrogen-bond donors (Lipinski definition) is 6. The number of carbonyl (C=O) groups is 4. The molecule has 11 nitrogen and oxygen atoms in total. The number of hydrogen-bond acceptors (Lipinski definition) is 8. The van der Waals surface area contributed by atoms with Gasteiger partial charge in [-0.15, -0.1) is 0 Å². The maximum Gasteiger partial charge on any atom is 0.324 e. The van der Waals surface area contributed by atoms with Gasteiger partial charge in [-0.05, 0) is 6.92 Å². The van der Waals surface area contributed by atoms with Crippen molar-refractivity contribution >= 4 is 23.9 Å². The smallest absolute Gasteiger partial charge is 0.324 e. The molecule has 0 fully saturated rings. The third-order valence-corrected chi connectivity index (χ3v) is 2.09. The Kier molecular flexibility index (Phi) is 11.4. The first kappa shape index (κ1) is 22.0. The van der Waals surface area contributed by atoms with Gasteiger partial charge in [-0.25, -0.2) is 0 Å². The Hall–Kier alpha value is -2.24. The molecule has 0 radical (unpaired) electrons. The summed E-state index contributed by atoms with van der Waals surface area (Å²) in [6.45, 7) is 0.882. The number of aliphatic hydroxyl groups is 1. The van der Waals surface area contributed by atoms with E-state index < -0.39 is 48.7 Å². The quantitative estimate of drug-likeness (QED) is 0.259. The van der Waals surface area contributed by atoms with Crippen molar-refractivity contribution in [2.24, 2.45) is 11.5 Å². The minimum atomic E-state index is -1.28.